The Labute approximate surface area is 222 Å². The van der Waals surface area contributed by atoms with Gasteiger partial charge in [0.2, 0.25) is 0 Å². The Balaban J connectivity index is 1.73. The standard InChI is InChI=1S/C28H40BrFO4S/c1-4-33-26(32)28-14-13-20(10-9-17-35-16-8-6-5-7-15-29)22(19-28)25(34-27(28,2)3)21-11-12-24(31)23(30)18-21/h11-13,18,22,25,31H,4-10,14-17,19H2,1-3H3. The monoisotopic (exact) mass is 570 g/mol. The van der Waals surface area contributed by atoms with E-state index < -0.39 is 16.8 Å². The molecule has 0 radical (unpaired) electrons. The average molecular weight is 572 g/mol. The summed E-state index contributed by atoms with van der Waals surface area (Å²) in [5, 5.41) is 10.8. The number of allylic oxidation sites excluding steroid dienone is 1. The Bertz CT molecular complexity index is 890. The van der Waals surface area contributed by atoms with Crippen molar-refractivity contribution in [1.29, 1.82) is 0 Å². The summed E-state index contributed by atoms with van der Waals surface area (Å²) < 4.78 is 26.4. The van der Waals surface area contributed by atoms with Crippen LogP contribution in [0.1, 0.15) is 83.8 Å². The van der Waals surface area contributed by atoms with Gasteiger partial charge in [-0.15, -0.1) is 0 Å². The zero-order chi connectivity index (χ0) is 25.5. The van der Waals surface area contributed by atoms with Crippen molar-refractivity contribution in [2.45, 2.75) is 83.8 Å². The number of hydrogen-bond donors (Lipinski definition) is 1. The number of esters is 1. The Kier molecular flexibility index (Phi) is 10.6. The summed E-state index contributed by atoms with van der Waals surface area (Å²) in [6.07, 6.45) is 10.2. The molecule has 35 heavy (non-hydrogen) atoms. The maximum absolute atomic E-state index is 14.3. The molecule has 1 aromatic rings. The Hall–Kier alpha value is -1.05. The molecule has 1 fully saturated rings. The quantitative estimate of drug-likeness (QED) is 0.114. The first kappa shape index (κ1) is 28.5. The number of carbonyl (C=O) groups excluding carboxylic acids is 1. The van der Waals surface area contributed by atoms with E-state index in [-0.39, 0.29) is 23.7 Å². The summed E-state index contributed by atoms with van der Waals surface area (Å²) in [6.45, 7) is 6.04. The maximum Gasteiger partial charge on any atom is 0.315 e. The lowest BCUT2D eigenvalue weighted by atomic mass is 9.58. The van der Waals surface area contributed by atoms with Crippen molar-refractivity contribution < 1.29 is 23.8 Å². The van der Waals surface area contributed by atoms with E-state index in [2.05, 4.69) is 22.0 Å². The van der Waals surface area contributed by atoms with Gasteiger partial charge in [0.25, 0.3) is 0 Å². The molecular weight excluding hydrogens is 531 g/mol. The first-order valence-electron chi connectivity index (χ1n) is 12.9. The second kappa shape index (κ2) is 13.0. The smallest absolute Gasteiger partial charge is 0.315 e. The van der Waals surface area contributed by atoms with Crippen LogP contribution in [-0.2, 0) is 14.3 Å². The molecular formula is C28H40BrFO4S. The van der Waals surface area contributed by atoms with Crippen LogP contribution < -0.4 is 0 Å². The topological polar surface area (TPSA) is 55.8 Å². The number of unbranched alkanes of at least 4 members (excludes halogenated alkanes) is 3. The first-order chi connectivity index (χ1) is 16.8. The Morgan fingerprint density at radius 2 is 1.97 bits per heavy atom. The van der Waals surface area contributed by atoms with Crippen LogP contribution in [-0.4, -0.2) is 40.1 Å². The highest BCUT2D eigenvalue weighted by Gasteiger charge is 2.60. The summed E-state index contributed by atoms with van der Waals surface area (Å²) in [6, 6.07) is 4.48. The third-order valence-electron chi connectivity index (χ3n) is 7.59. The molecule has 2 aliphatic rings. The molecule has 2 bridgehead atoms. The molecule has 3 unspecified atom stereocenters. The van der Waals surface area contributed by atoms with Gasteiger partial charge < -0.3 is 14.6 Å². The maximum atomic E-state index is 14.3. The largest absolute Gasteiger partial charge is 0.505 e. The van der Waals surface area contributed by atoms with Crippen LogP contribution in [0.5, 0.6) is 5.75 Å². The van der Waals surface area contributed by atoms with Gasteiger partial charge in [-0.2, -0.15) is 11.8 Å². The van der Waals surface area contributed by atoms with E-state index in [1.54, 1.807) is 6.07 Å². The molecule has 0 spiro atoms. The number of phenolic OH excluding ortho intramolecular Hbond substituents is 1. The lowest BCUT2D eigenvalue weighted by molar-refractivity contribution is -0.225. The van der Waals surface area contributed by atoms with Gasteiger partial charge in [-0.1, -0.05) is 46.5 Å². The molecule has 7 heteroatoms. The first-order valence-corrected chi connectivity index (χ1v) is 15.2. The van der Waals surface area contributed by atoms with Crippen LogP contribution in [0.3, 0.4) is 0 Å². The van der Waals surface area contributed by atoms with Gasteiger partial charge in [0, 0.05) is 11.2 Å². The zero-order valence-corrected chi connectivity index (χ0v) is 23.7. The third kappa shape index (κ3) is 6.64. The molecule has 3 rings (SSSR count). The highest BCUT2D eigenvalue weighted by molar-refractivity contribution is 9.09. The third-order valence-corrected chi connectivity index (χ3v) is 9.31. The second-order valence-electron chi connectivity index (χ2n) is 10.2. The van der Waals surface area contributed by atoms with Crippen molar-refractivity contribution in [3.05, 3.63) is 41.2 Å². The highest BCUT2D eigenvalue weighted by Crippen LogP contribution is 2.59. The average Bonchev–Trinajstić information content (AvgIpc) is 2.83. The van der Waals surface area contributed by atoms with E-state index in [4.69, 9.17) is 9.47 Å². The van der Waals surface area contributed by atoms with Crippen molar-refractivity contribution in [2.75, 3.05) is 23.4 Å². The summed E-state index contributed by atoms with van der Waals surface area (Å²) >= 11 is 5.50. The fourth-order valence-electron chi connectivity index (χ4n) is 5.45. The number of phenols is 1. The predicted octanol–water partition coefficient (Wildman–Crippen LogP) is 7.74. The number of ether oxygens (including phenoxy) is 2. The molecule has 1 N–H and O–H groups in total. The Morgan fingerprint density at radius 1 is 1.23 bits per heavy atom. The van der Waals surface area contributed by atoms with Crippen LogP contribution in [0, 0.1) is 17.2 Å². The zero-order valence-electron chi connectivity index (χ0n) is 21.3. The van der Waals surface area contributed by atoms with E-state index in [0.29, 0.717) is 25.0 Å². The van der Waals surface area contributed by atoms with Gasteiger partial charge in [-0.05, 0) is 88.5 Å². The molecule has 1 aliphatic heterocycles. The number of carbonyl (C=O) groups is 1. The van der Waals surface area contributed by atoms with Crippen molar-refractivity contribution in [2.24, 2.45) is 11.3 Å². The van der Waals surface area contributed by atoms with Gasteiger partial charge >= 0.3 is 5.97 Å². The fourth-order valence-corrected chi connectivity index (χ4v) is 6.81. The fraction of sp³-hybridized carbons (Fsp3) is 0.679. The molecule has 0 aromatic heterocycles. The van der Waals surface area contributed by atoms with Crippen LogP contribution in [0.4, 0.5) is 4.39 Å². The summed E-state index contributed by atoms with van der Waals surface area (Å²) in [4.78, 5) is 13.2. The van der Waals surface area contributed by atoms with Crippen molar-refractivity contribution in [3.63, 3.8) is 0 Å². The number of fused-ring (bicyclic) bond motifs is 2. The van der Waals surface area contributed by atoms with Crippen LogP contribution in [0.25, 0.3) is 0 Å². The summed E-state index contributed by atoms with van der Waals surface area (Å²) in [5.41, 5.74) is 0.451. The molecule has 196 valence electrons. The predicted molar refractivity (Wildman–Crippen MR) is 145 cm³/mol. The molecule has 1 saturated heterocycles. The minimum atomic E-state index is -0.776. The molecule has 0 amide bonds. The van der Waals surface area contributed by atoms with E-state index in [1.165, 1.54) is 49.1 Å². The number of aromatic hydroxyl groups is 1. The van der Waals surface area contributed by atoms with Crippen LogP contribution >= 0.6 is 27.7 Å². The molecule has 1 heterocycles. The highest BCUT2D eigenvalue weighted by atomic mass is 79.9. The van der Waals surface area contributed by atoms with Crippen molar-refractivity contribution >= 4 is 33.7 Å². The van der Waals surface area contributed by atoms with Gasteiger partial charge in [0.05, 0.1) is 18.3 Å². The van der Waals surface area contributed by atoms with E-state index >= 15 is 0 Å². The SMILES string of the molecule is CCOC(=O)C12CC=C(CCCSCCCCCCBr)C(C1)C(c1ccc(O)c(F)c1)OC2(C)C. The van der Waals surface area contributed by atoms with Gasteiger partial charge in [0.15, 0.2) is 11.6 Å². The van der Waals surface area contributed by atoms with E-state index in [1.807, 2.05) is 32.5 Å². The van der Waals surface area contributed by atoms with Gasteiger partial charge in [0.1, 0.15) is 5.41 Å². The van der Waals surface area contributed by atoms with E-state index in [9.17, 15) is 14.3 Å². The number of halogens is 2. The van der Waals surface area contributed by atoms with Crippen molar-refractivity contribution in [3.8, 4) is 5.75 Å². The van der Waals surface area contributed by atoms with Crippen molar-refractivity contribution in [1.82, 2.24) is 0 Å². The minimum absolute atomic E-state index is 0.0284. The molecule has 1 aliphatic carbocycles. The number of alkyl halides is 1. The number of hydrogen-bond acceptors (Lipinski definition) is 5. The number of benzene rings is 1. The minimum Gasteiger partial charge on any atom is -0.505 e. The molecule has 4 nitrogen and oxygen atoms in total. The molecule has 0 saturated carbocycles. The number of thioether (sulfide) groups is 1. The lowest BCUT2D eigenvalue weighted by Crippen LogP contribution is -2.58. The van der Waals surface area contributed by atoms with Crippen LogP contribution in [0.15, 0.2) is 29.8 Å². The second-order valence-corrected chi connectivity index (χ2v) is 12.2. The van der Waals surface area contributed by atoms with Gasteiger partial charge in [-0.3, -0.25) is 4.79 Å². The summed E-state index contributed by atoms with van der Waals surface area (Å²) in [7, 11) is 0. The summed E-state index contributed by atoms with van der Waals surface area (Å²) in [5.74, 6) is 1.05. The lowest BCUT2D eigenvalue weighted by Gasteiger charge is -2.55. The normalized spacial score (nSPS) is 25.2. The molecule has 3 atom stereocenters. The molecule has 1 aromatic carbocycles. The Morgan fingerprint density at radius 3 is 2.69 bits per heavy atom. The van der Waals surface area contributed by atoms with E-state index in [0.717, 1.165) is 23.9 Å². The van der Waals surface area contributed by atoms with Gasteiger partial charge in [-0.25, -0.2) is 4.39 Å². The number of rotatable bonds is 13. The van der Waals surface area contributed by atoms with Crippen LogP contribution in [0.2, 0.25) is 0 Å².